The molecule has 2 rings (SSSR count). The minimum Gasteiger partial charge on any atom is -0.467 e. The van der Waals surface area contributed by atoms with Gasteiger partial charge >= 0.3 is 6.01 Å². The van der Waals surface area contributed by atoms with Crippen molar-refractivity contribution in [3.05, 3.63) is 0 Å². The molecule has 1 aliphatic rings. The second-order valence-corrected chi connectivity index (χ2v) is 5.01. The first-order valence-corrected chi connectivity index (χ1v) is 7.21. The lowest BCUT2D eigenvalue weighted by Gasteiger charge is -2.32. The Hall–Kier alpha value is -1.63. The number of hydrogen-bond donors (Lipinski definition) is 2. The van der Waals surface area contributed by atoms with Crippen LogP contribution < -0.4 is 15.4 Å². The van der Waals surface area contributed by atoms with E-state index < -0.39 is 0 Å². The van der Waals surface area contributed by atoms with Gasteiger partial charge in [-0.2, -0.15) is 15.0 Å². The third-order valence-electron chi connectivity index (χ3n) is 3.55. The van der Waals surface area contributed by atoms with E-state index in [1.54, 1.807) is 7.11 Å². The van der Waals surface area contributed by atoms with Crippen molar-refractivity contribution < 1.29 is 4.74 Å². The summed E-state index contributed by atoms with van der Waals surface area (Å²) in [6.07, 6.45) is 3.79. The lowest BCUT2D eigenvalue weighted by molar-refractivity contribution is 0.194. The summed E-state index contributed by atoms with van der Waals surface area (Å²) in [6, 6.07) is 0.865. The fourth-order valence-electron chi connectivity index (χ4n) is 2.38. The maximum Gasteiger partial charge on any atom is 0.322 e. The van der Waals surface area contributed by atoms with Crippen LogP contribution >= 0.6 is 0 Å². The Kier molecular flexibility index (Phi) is 5.34. The minimum absolute atomic E-state index is 0.329. The number of nitrogens with one attached hydrogen (secondary N) is 2. The average Bonchev–Trinajstić information content (AvgIpc) is 2.46. The van der Waals surface area contributed by atoms with Gasteiger partial charge in [0.15, 0.2) is 0 Å². The fourth-order valence-corrected chi connectivity index (χ4v) is 2.38. The van der Waals surface area contributed by atoms with Crippen LogP contribution in [-0.4, -0.2) is 59.7 Å². The quantitative estimate of drug-likeness (QED) is 0.811. The van der Waals surface area contributed by atoms with E-state index in [0.29, 0.717) is 23.9 Å². The van der Waals surface area contributed by atoms with E-state index in [-0.39, 0.29) is 0 Å². The molecule has 0 spiro atoms. The number of ether oxygens (including phenoxy) is 1. The molecule has 0 radical (unpaired) electrons. The summed E-state index contributed by atoms with van der Waals surface area (Å²) in [5, 5.41) is 6.37. The fraction of sp³-hybridized carbons (Fsp3) is 0.769. The van der Waals surface area contributed by atoms with Crippen LogP contribution in [-0.2, 0) is 0 Å². The summed E-state index contributed by atoms with van der Waals surface area (Å²) < 4.78 is 5.10. The second-order valence-electron chi connectivity index (χ2n) is 5.01. The molecule has 1 fully saturated rings. The van der Waals surface area contributed by atoms with Gasteiger partial charge in [0.2, 0.25) is 11.9 Å². The van der Waals surface area contributed by atoms with Crippen molar-refractivity contribution in [2.24, 2.45) is 0 Å². The van der Waals surface area contributed by atoms with Crippen LogP contribution in [0.1, 0.15) is 26.2 Å². The van der Waals surface area contributed by atoms with Gasteiger partial charge in [-0.1, -0.05) is 6.42 Å². The van der Waals surface area contributed by atoms with Crippen LogP contribution in [0.4, 0.5) is 11.9 Å². The molecule has 7 nitrogen and oxygen atoms in total. The Labute approximate surface area is 120 Å². The zero-order chi connectivity index (χ0) is 14.4. The molecule has 7 heteroatoms. The Morgan fingerprint density at radius 3 is 2.60 bits per heavy atom. The maximum atomic E-state index is 5.10. The molecular formula is C13H24N6O. The van der Waals surface area contributed by atoms with Crippen LogP contribution in [0.2, 0.25) is 0 Å². The smallest absolute Gasteiger partial charge is 0.322 e. The van der Waals surface area contributed by atoms with Crippen molar-refractivity contribution in [1.29, 1.82) is 0 Å². The van der Waals surface area contributed by atoms with Crippen molar-refractivity contribution in [3.63, 3.8) is 0 Å². The third kappa shape index (κ3) is 3.93. The first kappa shape index (κ1) is 14.8. The predicted molar refractivity (Wildman–Crippen MR) is 79.3 cm³/mol. The number of nitrogens with zero attached hydrogens (tertiary/aromatic N) is 4. The molecule has 0 aliphatic carbocycles. The highest BCUT2D eigenvalue weighted by molar-refractivity contribution is 5.35. The highest BCUT2D eigenvalue weighted by atomic mass is 16.5. The van der Waals surface area contributed by atoms with E-state index in [0.717, 1.165) is 19.6 Å². The molecule has 2 N–H and O–H groups in total. The highest BCUT2D eigenvalue weighted by Crippen LogP contribution is 2.16. The van der Waals surface area contributed by atoms with Crippen molar-refractivity contribution in [3.8, 4) is 6.01 Å². The minimum atomic E-state index is 0.329. The van der Waals surface area contributed by atoms with Crippen LogP contribution in [0.3, 0.4) is 0 Å². The summed E-state index contributed by atoms with van der Waals surface area (Å²) in [6.45, 7) is 4.77. The molecule has 2 heterocycles. The number of piperidine rings is 1. The van der Waals surface area contributed by atoms with Gasteiger partial charge in [0.25, 0.3) is 0 Å². The van der Waals surface area contributed by atoms with Gasteiger partial charge in [-0.15, -0.1) is 0 Å². The summed E-state index contributed by atoms with van der Waals surface area (Å²) in [5.74, 6) is 1.10. The van der Waals surface area contributed by atoms with Gasteiger partial charge < -0.3 is 20.3 Å². The van der Waals surface area contributed by atoms with Crippen LogP contribution in [0, 0.1) is 0 Å². The molecule has 1 unspecified atom stereocenters. The maximum absolute atomic E-state index is 5.10. The number of aromatic nitrogens is 3. The van der Waals surface area contributed by atoms with Crippen molar-refractivity contribution >= 4 is 11.9 Å². The molecule has 1 aliphatic heterocycles. The number of likely N-dealkylation sites (N-methyl/N-ethyl adjacent to an activating group) is 1. The zero-order valence-electron chi connectivity index (χ0n) is 12.5. The second kappa shape index (κ2) is 7.23. The highest BCUT2D eigenvalue weighted by Gasteiger charge is 2.19. The molecule has 0 saturated carbocycles. The van der Waals surface area contributed by atoms with E-state index in [1.807, 2.05) is 6.92 Å². The average molecular weight is 280 g/mol. The Morgan fingerprint density at radius 2 is 1.95 bits per heavy atom. The lowest BCUT2D eigenvalue weighted by atomic mass is 10.0. The van der Waals surface area contributed by atoms with Gasteiger partial charge in [0, 0.05) is 19.1 Å². The number of methoxy groups -OCH3 is 1. The number of anilines is 2. The summed E-state index contributed by atoms with van der Waals surface area (Å²) in [7, 11) is 3.73. The lowest BCUT2D eigenvalue weighted by Crippen LogP contribution is -2.41. The molecule has 112 valence electrons. The standard InChI is InChI=1S/C13H24N6O/c1-4-14-11-16-12(18-13(17-11)20-3)15-9-10-7-5-6-8-19(10)2/h10H,4-9H2,1-3H3,(H2,14,15,16,17,18). The van der Waals surface area contributed by atoms with Gasteiger partial charge in [-0.25, -0.2) is 0 Å². The molecule has 20 heavy (non-hydrogen) atoms. The van der Waals surface area contributed by atoms with E-state index in [2.05, 4.69) is 37.5 Å². The van der Waals surface area contributed by atoms with E-state index in [1.165, 1.54) is 19.3 Å². The molecule has 1 saturated heterocycles. The third-order valence-corrected chi connectivity index (χ3v) is 3.55. The molecule has 1 atom stereocenters. The van der Waals surface area contributed by atoms with Crippen molar-refractivity contribution in [2.75, 3.05) is 44.4 Å². The van der Waals surface area contributed by atoms with E-state index >= 15 is 0 Å². The normalized spacial score (nSPS) is 19.6. The largest absolute Gasteiger partial charge is 0.467 e. The van der Waals surface area contributed by atoms with Crippen molar-refractivity contribution in [2.45, 2.75) is 32.2 Å². The van der Waals surface area contributed by atoms with E-state index in [4.69, 9.17) is 4.74 Å². The van der Waals surface area contributed by atoms with Gasteiger partial charge in [0.1, 0.15) is 0 Å². The molecular weight excluding hydrogens is 256 g/mol. The van der Waals surface area contributed by atoms with Crippen LogP contribution in [0.15, 0.2) is 0 Å². The van der Waals surface area contributed by atoms with Crippen molar-refractivity contribution in [1.82, 2.24) is 19.9 Å². The number of hydrogen-bond acceptors (Lipinski definition) is 7. The summed E-state index contributed by atoms with van der Waals surface area (Å²) in [4.78, 5) is 15.1. The molecule has 0 amide bonds. The number of likely N-dealkylation sites (tertiary alicyclic amines) is 1. The van der Waals surface area contributed by atoms with Gasteiger partial charge in [-0.05, 0) is 33.4 Å². The Bertz CT molecular complexity index is 427. The van der Waals surface area contributed by atoms with Crippen LogP contribution in [0.25, 0.3) is 0 Å². The van der Waals surface area contributed by atoms with Gasteiger partial charge in [-0.3, -0.25) is 0 Å². The SMILES string of the molecule is CCNc1nc(NCC2CCCCN2C)nc(OC)n1. The molecule has 0 aromatic carbocycles. The summed E-state index contributed by atoms with van der Waals surface area (Å²) >= 11 is 0. The van der Waals surface area contributed by atoms with E-state index in [9.17, 15) is 0 Å². The molecule has 0 bridgehead atoms. The van der Waals surface area contributed by atoms with Crippen LogP contribution in [0.5, 0.6) is 6.01 Å². The molecule has 1 aromatic heterocycles. The first-order chi connectivity index (χ1) is 9.72. The van der Waals surface area contributed by atoms with Gasteiger partial charge in [0.05, 0.1) is 7.11 Å². The summed E-state index contributed by atoms with van der Waals surface area (Å²) in [5.41, 5.74) is 0. The Morgan fingerprint density at radius 1 is 1.20 bits per heavy atom. The predicted octanol–water partition coefficient (Wildman–Crippen LogP) is 1.21. The molecule has 1 aromatic rings. The topological polar surface area (TPSA) is 75.2 Å². The number of rotatable bonds is 6. The first-order valence-electron chi connectivity index (χ1n) is 7.21. The monoisotopic (exact) mass is 280 g/mol. The zero-order valence-corrected chi connectivity index (χ0v) is 12.5. The Balaban J connectivity index is 1.98.